The van der Waals surface area contributed by atoms with Crippen molar-refractivity contribution in [2.24, 2.45) is 5.41 Å². The zero-order valence-corrected chi connectivity index (χ0v) is 30.3. The Morgan fingerprint density at radius 3 is 2.32 bits per heavy atom. The summed E-state index contributed by atoms with van der Waals surface area (Å²) in [7, 11) is -2.43. The fourth-order valence-corrected chi connectivity index (χ4v) is 7.63. The van der Waals surface area contributed by atoms with Crippen LogP contribution in [0.4, 0.5) is 11.6 Å². The number of amides is 1. The second kappa shape index (κ2) is 14.3. The molecule has 0 saturated carbocycles. The first-order chi connectivity index (χ1) is 23.8. The Balaban J connectivity index is 1.40. The number of sulfonamides is 1. The minimum absolute atomic E-state index is 0.0868. The summed E-state index contributed by atoms with van der Waals surface area (Å²) in [4.78, 5) is 36.8. The molecule has 1 saturated heterocycles. The normalized spacial score (nSPS) is 18.4. The number of hydrogen-bond acceptors (Lipinski definition) is 10. The molecule has 264 valence electrons. The number of fused-ring (bicyclic) bond motifs is 4. The second-order valence-electron chi connectivity index (χ2n) is 14.3. The standard InChI is InChI=1S/C37H45N7O5S/c1-24-9-7-10-25(2)34(24)31-18-33-41-36(40-31)42-50(46,47)30-12-8-11-26(17-30)35(45)44(27(23-49-33)19-37(3,4)5)22-32-38-20-28(21-39-32)43-15-13-29(48-6)14-16-43/h7-12,17-18,20-21,27,29H,13-16,19,22-23H2,1-6H3,(H,40,41,42)/t27-/m1/s1. The van der Waals surface area contributed by atoms with Crippen molar-refractivity contribution in [3.63, 3.8) is 0 Å². The molecule has 2 aromatic heterocycles. The summed E-state index contributed by atoms with van der Waals surface area (Å²) in [5, 5.41) is 0. The van der Waals surface area contributed by atoms with Crippen LogP contribution in [0.5, 0.6) is 5.88 Å². The van der Waals surface area contributed by atoms with E-state index in [9.17, 15) is 13.2 Å². The number of methoxy groups -OCH3 is 1. The number of piperidine rings is 1. The van der Waals surface area contributed by atoms with Gasteiger partial charge in [-0.15, -0.1) is 0 Å². The highest BCUT2D eigenvalue weighted by Gasteiger charge is 2.32. The summed E-state index contributed by atoms with van der Waals surface area (Å²) in [6.45, 7) is 12.1. The molecule has 0 radical (unpaired) electrons. The quantitative estimate of drug-likeness (QED) is 0.262. The van der Waals surface area contributed by atoms with Crippen molar-refractivity contribution in [3.8, 4) is 17.1 Å². The van der Waals surface area contributed by atoms with Gasteiger partial charge in [0.05, 0.1) is 47.4 Å². The third-order valence-corrected chi connectivity index (χ3v) is 10.5. The van der Waals surface area contributed by atoms with E-state index in [4.69, 9.17) is 9.47 Å². The van der Waals surface area contributed by atoms with Crippen LogP contribution in [-0.2, 0) is 21.3 Å². The van der Waals surface area contributed by atoms with Gasteiger partial charge in [-0.05, 0) is 67.9 Å². The molecule has 1 amide bonds. The lowest BCUT2D eigenvalue weighted by Crippen LogP contribution is -2.45. The Hall–Kier alpha value is -4.62. The average molecular weight is 700 g/mol. The van der Waals surface area contributed by atoms with Gasteiger partial charge in [-0.1, -0.05) is 45.0 Å². The van der Waals surface area contributed by atoms with Crippen LogP contribution < -0.4 is 14.4 Å². The molecule has 13 heteroatoms. The maximum Gasteiger partial charge on any atom is 0.264 e. The van der Waals surface area contributed by atoms with E-state index < -0.39 is 16.1 Å². The summed E-state index contributed by atoms with van der Waals surface area (Å²) in [5.41, 5.74) is 4.26. The summed E-state index contributed by atoms with van der Waals surface area (Å²) in [6, 6.07) is 13.2. The van der Waals surface area contributed by atoms with E-state index in [0.29, 0.717) is 17.9 Å². The van der Waals surface area contributed by atoms with Crippen molar-refractivity contribution in [1.29, 1.82) is 0 Å². The zero-order valence-electron chi connectivity index (χ0n) is 29.5. The molecule has 1 atom stereocenters. The molecule has 2 aliphatic heterocycles. The van der Waals surface area contributed by atoms with E-state index in [-0.39, 0.29) is 52.9 Å². The van der Waals surface area contributed by atoms with Crippen LogP contribution in [0.2, 0.25) is 0 Å². The van der Waals surface area contributed by atoms with Gasteiger partial charge in [0.2, 0.25) is 11.8 Å². The second-order valence-corrected chi connectivity index (χ2v) is 15.9. The fraction of sp³-hybridized carbons (Fsp3) is 0.432. The van der Waals surface area contributed by atoms with Gasteiger partial charge in [0, 0.05) is 37.4 Å². The predicted octanol–water partition coefficient (Wildman–Crippen LogP) is 5.81. The number of ether oxygens (including phenoxy) is 2. The Labute approximate surface area is 294 Å². The van der Waals surface area contributed by atoms with Crippen LogP contribution >= 0.6 is 0 Å². The van der Waals surface area contributed by atoms with Gasteiger partial charge < -0.3 is 19.3 Å². The van der Waals surface area contributed by atoms with Gasteiger partial charge >= 0.3 is 0 Å². The van der Waals surface area contributed by atoms with Crippen LogP contribution in [0.1, 0.15) is 67.3 Å². The number of aryl methyl sites for hydroxylation is 2. The zero-order chi connectivity index (χ0) is 35.6. The van der Waals surface area contributed by atoms with Crippen molar-refractivity contribution in [3.05, 3.63) is 83.4 Å². The highest BCUT2D eigenvalue weighted by atomic mass is 32.2. The number of anilines is 2. The molecule has 0 unspecified atom stereocenters. The molecule has 50 heavy (non-hydrogen) atoms. The molecule has 0 aliphatic carbocycles. The number of aromatic nitrogens is 4. The monoisotopic (exact) mass is 699 g/mol. The number of hydrogen-bond donors (Lipinski definition) is 1. The van der Waals surface area contributed by atoms with Crippen LogP contribution in [-0.4, -0.2) is 78.1 Å². The molecule has 1 N–H and O–H groups in total. The SMILES string of the molecule is COC1CCN(c2cnc(CN3C(=O)c4cccc(c4)S(=O)(=O)Nc4nc(cc(-c5c(C)cccc5C)n4)OC[C@H]3CC(C)(C)C)nc2)CC1. The fourth-order valence-electron chi connectivity index (χ4n) is 6.64. The first-order valence-corrected chi connectivity index (χ1v) is 18.4. The van der Waals surface area contributed by atoms with E-state index >= 15 is 0 Å². The summed E-state index contributed by atoms with van der Waals surface area (Å²) in [6.07, 6.45) is 6.29. The van der Waals surface area contributed by atoms with Crippen LogP contribution in [0.3, 0.4) is 0 Å². The van der Waals surface area contributed by atoms with Crippen molar-refractivity contribution in [1.82, 2.24) is 24.8 Å². The van der Waals surface area contributed by atoms with Gasteiger partial charge in [0.1, 0.15) is 12.4 Å². The number of benzene rings is 2. The van der Waals surface area contributed by atoms with Crippen molar-refractivity contribution >= 4 is 27.6 Å². The number of nitrogens with one attached hydrogen (secondary N) is 1. The lowest BCUT2D eigenvalue weighted by atomic mass is 9.87. The molecule has 12 nitrogen and oxygen atoms in total. The van der Waals surface area contributed by atoms with Gasteiger partial charge in [-0.2, -0.15) is 4.98 Å². The van der Waals surface area contributed by atoms with E-state index in [1.54, 1.807) is 42.6 Å². The van der Waals surface area contributed by atoms with E-state index in [1.807, 2.05) is 32.0 Å². The number of nitrogens with zero attached hydrogens (tertiary/aromatic N) is 6. The van der Waals surface area contributed by atoms with Crippen LogP contribution in [0, 0.1) is 19.3 Å². The van der Waals surface area contributed by atoms with Gasteiger partial charge in [0.15, 0.2) is 0 Å². The van der Waals surface area contributed by atoms with Crippen LogP contribution in [0.25, 0.3) is 11.3 Å². The Bertz CT molecular complexity index is 1940. The minimum atomic E-state index is -4.18. The molecule has 6 rings (SSSR count). The number of rotatable bonds is 6. The smallest absolute Gasteiger partial charge is 0.264 e. The minimum Gasteiger partial charge on any atom is -0.475 e. The Morgan fingerprint density at radius 1 is 0.980 bits per heavy atom. The first kappa shape index (κ1) is 35.2. The lowest BCUT2D eigenvalue weighted by molar-refractivity contribution is 0.0505. The Kier molecular flexibility index (Phi) is 10.1. The highest BCUT2D eigenvalue weighted by Crippen LogP contribution is 2.32. The molecule has 2 aliphatic rings. The van der Waals surface area contributed by atoms with Crippen molar-refractivity contribution < 1.29 is 22.7 Å². The molecule has 4 aromatic rings. The summed E-state index contributed by atoms with van der Waals surface area (Å²) >= 11 is 0. The highest BCUT2D eigenvalue weighted by molar-refractivity contribution is 7.92. The maximum atomic E-state index is 14.4. The Morgan fingerprint density at radius 2 is 1.66 bits per heavy atom. The van der Waals surface area contributed by atoms with E-state index in [1.165, 1.54) is 12.1 Å². The molecule has 4 bridgehead atoms. The first-order valence-electron chi connectivity index (χ1n) is 16.9. The summed E-state index contributed by atoms with van der Waals surface area (Å²) < 4.78 is 41.8. The lowest BCUT2D eigenvalue weighted by Gasteiger charge is -2.35. The number of carbonyl (C=O) groups is 1. The van der Waals surface area contributed by atoms with Gasteiger partial charge in [-0.25, -0.2) is 28.1 Å². The largest absolute Gasteiger partial charge is 0.475 e. The van der Waals surface area contributed by atoms with Crippen molar-refractivity contribution in [2.75, 3.05) is 36.4 Å². The molecule has 4 heterocycles. The van der Waals surface area contributed by atoms with E-state index in [2.05, 4.69) is 50.3 Å². The molecule has 0 spiro atoms. The van der Waals surface area contributed by atoms with E-state index in [0.717, 1.165) is 48.3 Å². The third-order valence-electron chi connectivity index (χ3n) is 9.17. The molecular weight excluding hydrogens is 655 g/mol. The van der Waals surface area contributed by atoms with Crippen molar-refractivity contribution in [2.45, 2.75) is 77.5 Å². The molecule has 1 fully saturated rings. The van der Waals surface area contributed by atoms with Gasteiger partial charge in [-0.3, -0.25) is 4.79 Å². The van der Waals surface area contributed by atoms with Gasteiger partial charge in [0.25, 0.3) is 15.9 Å². The maximum absolute atomic E-state index is 14.4. The summed E-state index contributed by atoms with van der Waals surface area (Å²) in [5.74, 6) is 0.164. The number of carbonyl (C=O) groups excluding carboxylic acids is 1. The average Bonchev–Trinajstić information content (AvgIpc) is 3.08. The molecular formula is C37H45N7O5S. The molecule has 2 aromatic carbocycles. The predicted molar refractivity (Wildman–Crippen MR) is 192 cm³/mol. The topological polar surface area (TPSA) is 140 Å². The third kappa shape index (κ3) is 8.05. The van der Waals surface area contributed by atoms with Crippen LogP contribution in [0.15, 0.2) is 65.8 Å².